The van der Waals surface area contributed by atoms with Crippen molar-refractivity contribution in [1.82, 2.24) is 19.8 Å². The predicted octanol–water partition coefficient (Wildman–Crippen LogP) is 2.98. The van der Waals surface area contributed by atoms with Crippen LogP contribution >= 0.6 is 11.8 Å². The number of hydrogen-bond donors (Lipinski definition) is 1. The van der Waals surface area contributed by atoms with Crippen molar-refractivity contribution in [3.8, 4) is 0 Å². The van der Waals surface area contributed by atoms with Crippen LogP contribution in [-0.4, -0.2) is 37.0 Å². The third-order valence-electron chi connectivity index (χ3n) is 6.93. The monoisotopic (exact) mass is 401 g/mol. The highest BCUT2D eigenvalue weighted by Crippen LogP contribution is 2.58. The topological polar surface area (TPSA) is 90.2 Å². The molecule has 1 amide bonds. The van der Waals surface area contributed by atoms with Gasteiger partial charge in [0, 0.05) is 5.54 Å². The molecule has 0 aromatic carbocycles. The fourth-order valence-corrected chi connectivity index (χ4v) is 6.91. The van der Waals surface area contributed by atoms with E-state index in [1.807, 2.05) is 12.1 Å². The SMILES string of the molecule is Cc1nnc(SCC(=O)N(Cc2ccco2)C23CC4CC(CC(C4)C2)C3)n1N. The maximum absolute atomic E-state index is 13.4. The van der Waals surface area contributed by atoms with E-state index >= 15 is 0 Å². The van der Waals surface area contributed by atoms with Crippen molar-refractivity contribution < 1.29 is 9.21 Å². The van der Waals surface area contributed by atoms with Gasteiger partial charge in [-0.25, -0.2) is 4.68 Å². The first-order valence-electron chi connectivity index (χ1n) is 10.2. The van der Waals surface area contributed by atoms with Crippen LogP contribution in [0.25, 0.3) is 0 Å². The fraction of sp³-hybridized carbons (Fsp3) is 0.650. The summed E-state index contributed by atoms with van der Waals surface area (Å²) in [6.45, 7) is 2.35. The first kappa shape index (κ1) is 18.1. The van der Waals surface area contributed by atoms with E-state index < -0.39 is 0 Å². The number of carbonyl (C=O) groups is 1. The highest BCUT2D eigenvalue weighted by molar-refractivity contribution is 7.99. The molecule has 4 aliphatic carbocycles. The van der Waals surface area contributed by atoms with Crippen molar-refractivity contribution in [2.75, 3.05) is 11.6 Å². The van der Waals surface area contributed by atoms with Gasteiger partial charge in [-0.1, -0.05) is 11.8 Å². The van der Waals surface area contributed by atoms with Gasteiger partial charge in [0.05, 0.1) is 18.6 Å². The number of carbonyl (C=O) groups excluding carboxylic acids is 1. The summed E-state index contributed by atoms with van der Waals surface area (Å²) in [4.78, 5) is 15.6. The number of amides is 1. The molecule has 4 bridgehead atoms. The molecule has 8 heteroatoms. The molecule has 4 aliphatic rings. The van der Waals surface area contributed by atoms with Crippen molar-refractivity contribution in [3.05, 3.63) is 30.0 Å². The Kier molecular flexibility index (Phi) is 4.41. The Balaban J connectivity index is 1.38. The molecule has 2 aromatic heterocycles. The Labute approximate surface area is 169 Å². The summed E-state index contributed by atoms with van der Waals surface area (Å²) in [6.07, 6.45) is 9.17. The standard InChI is InChI=1S/C20H27N5O2S/c1-13-22-23-19(25(13)21)28-12-18(26)24(11-17-3-2-4-27-17)20-8-14-5-15(9-20)7-16(6-14)10-20/h2-4,14-16H,5-12,21H2,1H3. The lowest BCUT2D eigenvalue weighted by Gasteiger charge is -2.60. The van der Waals surface area contributed by atoms with Crippen LogP contribution in [0.2, 0.25) is 0 Å². The van der Waals surface area contributed by atoms with E-state index in [0.717, 1.165) is 42.8 Å². The molecule has 7 nitrogen and oxygen atoms in total. The van der Waals surface area contributed by atoms with Crippen molar-refractivity contribution in [2.24, 2.45) is 17.8 Å². The van der Waals surface area contributed by atoms with Crippen molar-refractivity contribution >= 4 is 17.7 Å². The van der Waals surface area contributed by atoms with Crippen LogP contribution in [0, 0.1) is 24.7 Å². The van der Waals surface area contributed by atoms with Gasteiger partial charge in [0.25, 0.3) is 0 Å². The summed E-state index contributed by atoms with van der Waals surface area (Å²) in [7, 11) is 0. The Morgan fingerprint density at radius 3 is 2.50 bits per heavy atom. The summed E-state index contributed by atoms with van der Waals surface area (Å²) in [6, 6.07) is 3.86. The van der Waals surface area contributed by atoms with Crippen LogP contribution in [-0.2, 0) is 11.3 Å². The fourth-order valence-electron chi connectivity index (χ4n) is 6.13. The third-order valence-corrected chi connectivity index (χ3v) is 7.86. The second-order valence-electron chi connectivity index (χ2n) is 8.89. The average Bonchev–Trinajstić information content (AvgIpc) is 3.27. The maximum Gasteiger partial charge on any atom is 0.233 e. The lowest BCUT2D eigenvalue weighted by Crippen LogP contribution is -2.61. The zero-order chi connectivity index (χ0) is 19.3. The normalized spacial score (nSPS) is 30.7. The number of nitrogens with zero attached hydrogens (tertiary/aromatic N) is 4. The van der Waals surface area contributed by atoms with Gasteiger partial charge in [-0.05, 0) is 75.3 Å². The zero-order valence-electron chi connectivity index (χ0n) is 16.2. The number of hydrogen-bond acceptors (Lipinski definition) is 6. The number of rotatable bonds is 6. The highest BCUT2D eigenvalue weighted by atomic mass is 32.2. The van der Waals surface area contributed by atoms with Crippen LogP contribution in [0.5, 0.6) is 0 Å². The van der Waals surface area contributed by atoms with Gasteiger partial charge in [-0.2, -0.15) is 0 Å². The number of aryl methyl sites for hydroxylation is 1. The maximum atomic E-state index is 13.4. The summed E-state index contributed by atoms with van der Waals surface area (Å²) in [5, 5.41) is 8.64. The largest absolute Gasteiger partial charge is 0.467 e. The Morgan fingerprint density at radius 1 is 1.29 bits per heavy atom. The van der Waals surface area contributed by atoms with Crippen LogP contribution in [0.3, 0.4) is 0 Å². The molecule has 0 saturated heterocycles. The zero-order valence-corrected chi connectivity index (χ0v) is 17.0. The van der Waals surface area contributed by atoms with Gasteiger partial charge in [0.1, 0.15) is 11.6 Å². The Morgan fingerprint density at radius 2 is 1.96 bits per heavy atom. The van der Waals surface area contributed by atoms with Crippen molar-refractivity contribution in [1.29, 1.82) is 0 Å². The summed E-state index contributed by atoms with van der Waals surface area (Å²) in [5.41, 5.74) is -0.00845. The molecular weight excluding hydrogens is 374 g/mol. The van der Waals surface area contributed by atoms with Crippen LogP contribution in [0.15, 0.2) is 28.0 Å². The molecule has 150 valence electrons. The van der Waals surface area contributed by atoms with E-state index in [1.54, 1.807) is 13.2 Å². The smallest absolute Gasteiger partial charge is 0.233 e. The van der Waals surface area contributed by atoms with Gasteiger partial charge in [0.2, 0.25) is 11.1 Å². The van der Waals surface area contributed by atoms with E-state index in [-0.39, 0.29) is 11.4 Å². The predicted molar refractivity (Wildman–Crippen MR) is 106 cm³/mol. The number of furan rings is 1. The van der Waals surface area contributed by atoms with Gasteiger partial charge in [-0.15, -0.1) is 10.2 Å². The molecule has 28 heavy (non-hydrogen) atoms. The number of nitrogens with two attached hydrogens (primary N) is 1. The number of aromatic nitrogens is 3. The van der Waals surface area contributed by atoms with Gasteiger partial charge in [-0.3, -0.25) is 4.79 Å². The molecule has 6 rings (SSSR count). The Hall–Kier alpha value is -1.96. The second kappa shape index (κ2) is 6.83. The summed E-state index contributed by atoms with van der Waals surface area (Å²) < 4.78 is 7.06. The van der Waals surface area contributed by atoms with E-state index in [1.165, 1.54) is 35.7 Å². The molecule has 4 saturated carbocycles. The quantitative estimate of drug-likeness (QED) is 0.591. The summed E-state index contributed by atoms with van der Waals surface area (Å²) in [5.74, 6) is 10.2. The average molecular weight is 402 g/mol. The van der Waals surface area contributed by atoms with E-state index in [0.29, 0.717) is 23.3 Å². The van der Waals surface area contributed by atoms with E-state index in [9.17, 15) is 4.79 Å². The first-order chi connectivity index (χ1) is 13.5. The third kappa shape index (κ3) is 3.11. The second-order valence-corrected chi connectivity index (χ2v) is 9.83. The molecular formula is C20H27N5O2S. The summed E-state index contributed by atoms with van der Waals surface area (Å²) >= 11 is 1.36. The van der Waals surface area contributed by atoms with Crippen LogP contribution in [0.4, 0.5) is 0 Å². The molecule has 0 radical (unpaired) electrons. The first-order valence-corrected chi connectivity index (χ1v) is 11.1. The van der Waals surface area contributed by atoms with Gasteiger partial charge < -0.3 is 15.2 Å². The molecule has 0 unspecified atom stereocenters. The molecule has 2 aromatic rings. The minimum Gasteiger partial charge on any atom is -0.467 e. The van der Waals surface area contributed by atoms with Crippen LogP contribution < -0.4 is 5.84 Å². The molecule has 0 aliphatic heterocycles. The minimum absolute atomic E-state index is 0.00845. The van der Waals surface area contributed by atoms with E-state index in [4.69, 9.17) is 10.3 Å². The lowest BCUT2D eigenvalue weighted by atomic mass is 9.52. The van der Waals surface area contributed by atoms with Crippen molar-refractivity contribution in [3.63, 3.8) is 0 Å². The Bertz CT molecular complexity index is 827. The molecule has 4 fully saturated rings. The number of thioether (sulfide) groups is 1. The highest BCUT2D eigenvalue weighted by Gasteiger charge is 2.54. The minimum atomic E-state index is -0.00845. The van der Waals surface area contributed by atoms with Gasteiger partial charge >= 0.3 is 0 Å². The molecule has 0 spiro atoms. The molecule has 0 atom stereocenters. The van der Waals surface area contributed by atoms with Gasteiger partial charge in [0.15, 0.2) is 0 Å². The van der Waals surface area contributed by atoms with Crippen LogP contribution in [0.1, 0.15) is 50.1 Å². The van der Waals surface area contributed by atoms with E-state index in [2.05, 4.69) is 15.1 Å². The molecule has 2 heterocycles. The van der Waals surface area contributed by atoms with Crippen molar-refractivity contribution in [2.45, 2.75) is 62.7 Å². The lowest BCUT2D eigenvalue weighted by molar-refractivity contribution is -0.150. The molecule has 2 N–H and O–H groups in total. The number of nitrogen functional groups attached to an aromatic ring is 1.